The molecule has 0 amide bonds. The number of carbonyl (C=O) groups excluding carboxylic acids is 4. The average Bonchev–Trinajstić information content (AvgIpc) is 3.27. The number of carbonyl (C=O) groups is 4. The molecule has 0 atom stereocenters. The Morgan fingerprint density at radius 3 is 0.635 bits per heavy atom. The quantitative estimate of drug-likeness (QED) is 0.0338. The predicted octanol–water partition coefficient (Wildman–Crippen LogP) is 16.6. The zero-order valence-electron chi connectivity index (χ0n) is 42.3. The molecule has 8 nitrogen and oxygen atoms in total. The first-order valence-corrected chi connectivity index (χ1v) is 27.4. The summed E-state index contributed by atoms with van der Waals surface area (Å²) in [6.07, 6.45) is 48.6. The molecule has 0 spiro atoms. The van der Waals surface area contributed by atoms with Crippen LogP contribution in [0.2, 0.25) is 0 Å². The maximum Gasteiger partial charge on any atom is 0.305 e. The van der Waals surface area contributed by atoms with Crippen LogP contribution in [-0.4, -0.2) is 50.3 Å². The van der Waals surface area contributed by atoms with E-state index < -0.39 is 11.4 Å². The first kappa shape index (κ1) is 60.9. The summed E-state index contributed by atoms with van der Waals surface area (Å²) in [5, 5.41) is 0. The largest absolute Gasteiger partial charge is 0.465 e. The van der Waals surface area contributed by atoms with Crippen LogP contribution in [0.3, 0.4) is 0 Å². The Morgan fingerprint density at radius 1 is 0.270 bits per heavy atom. The predicted molar refractivity (Wildman–Crippen MR) is 263 cm³/mol. The van der Waals surface area contributed by atoms with E-state index >= 15 is 0 Å². The fourth-order valence-corrected chi connectivity index (χ4v) is 8.28. The first-order chi connectivity index (χ1) is 30.8. The molecule has 0 aliphatic heterocycles. The van der Waals surface area contributed by atoms with Gasteiger partial charge in [-0.3, -0.25) is 19.2 Å². The fourth-order valence-electron chi connectivity index (χ4n) is 8.28. The lowest BCUT2D eigenvalue weighted by Crippen LogP contribution is -2.43. The Labute approximate surface area is 390 Å². The van der Waals surface area contributed by atoms with Gasteiger partial charge in [-0.2, -0.15) is 0 Å². The second-order valence-electron chi connectivity index (χ2n) is 19.2. The van der Waals surface area contributed by atoms with Gasteiger partial charge in [-0.15, -0.1) is 0 Å². The van der Waals surface area contributed by atoms with Crippen molar-refractivity contribution < 1.29 is 38.1 Å². The van der Waals surface area contributed by atoms with Gasteiger partial charge in [0, 0.05) is 26.2 Å². The van der Waals surface area contributed by atoms with Gasteiger partial charge in [0.05, 0.1) is 0 Å². The third-order valence-corrected chi connectivity index (χ3v) is 12.7. The zero-order chi connectivity index (χ0) is 46.2. The van der Waals surface area contributed by atoms with Crippen molar-refractivity contribution in [2.24, 2.45) is 5.41 Å². The molecule has 8 heteroatoms. The van der Waals surface area contributed by atoms with Crippen LogP contribution in [-0.2, 0) is 38.1 Å². The molecule has 0 saturated heterocycles. The molecule has 0 radical (unpaired) electrons. The lowest BCUT2D eigenvalue weighted by Gasteiger charge is -2.31. The molecule has 63 heavy (non-hydrogen) atoms. The second-order valence-corrected chi connectivity index (χ2v) is 19.2. The number of unbranched alkanes of at least 4 members (excludes halogenated alkanes) is 36. The maximum atomic E-state index is 13.0. The molecular weight excluding hydrogens is 789 g/mol. The average molecular weight is 893 g/mol. The van der Waals surface area contributed by atoms with Gasteiger partial charge < -0.3 is 18.9 Å². The van der Waals surface area contributed by atoms with Gasteiger partial charge in [-0.05, 0) is 19.3 Å². The van der Waals surface area contributed by atoms with Crippen LogP contribution in [0.5, 0.6) is 0 Å². The topological polar surface area (TPSA) is 105 Å². The highest BCUT2D eigenvalue weighted by molar-refractivity contribution is 5.70. The van der Waals surface area contributed by atoms with E-state index in [0.717, 1.165) is 57.8 Å². The van der Waals surface area contributed by atoms with Gasteiger partial charge in [0.25, 0.3) is 0 Å². The summed E-state index contributed by atoms with van der Waals surface area (Å²) in [6.45, 7) is 7.38. The van der Waals surface area contributed by atoms with Crippen molar-refractivity contribution >= 4 is 23.9 Å². The minimum Gasteiger partial charge on any atom is -0.465 e. The van der Waals surface area contributed by atoms with Gasteiger partial charge in [-0.25, -0.2) is 0 Å². The van der Waals surface area contributed by atoms with Crippen LogP contribution in [0.15, 0.2) is 0 Å². The standard InChI is InChI=1S/C55H104O8/c1-5-8-11-14-17-20-23-26-29-32-35-38-41-44-52(57)61-48-55(47-60-51(4)56,49-62-53(58)45-42-39-36-33-30-27-24-21-18-15-12-9-6-2)50-63-54(59)46-43-40-37-34-31-28-25-22-19-16-13-10-7-3/h5-50H2,1-4H3. The highest BCUT2D eigenvalue weighted by atomic mass is 16.6. The molecular formula is C55H104O8. The van der Waals surface area contributed by atoms with Crippen molar-refractivity contribution in [2.75, 3.05) is 26.4 Å². The third kappa shape index (κ3) is 44.8. The van der Waals surface area contributed by atoms with Gasteiger partial charge >= 0.3 is 23.9 Å². The Balaban J connectivity index is 4.88. The van der Waals surface area contributed by atoms with Crippen molar-refractivity contribution in [1.29, 1.82) is 0 Å². The summed E-state index contributed by atoms with van der Waals surface area (Å²) in [4.78, 5) is 50.9. The molecule has 0 saturated carbocycles. The second kappa shape index (κ2) is 47.8. The van der Waals surface area contributed by atoms with Crippen LogP contribution >= 0.6 is 0 Å². The molecule has 0 aromatic heterocycles. The molecule has 0 unspecified atom stereocenters. The molecule has 0 aliphatic rings. The van der Waals surface area contributed by atoms with Crippen LogP contribution in [0.25, 0.3) is 0 Å². The summed E-state index contributed by atoms with van der Waals surface area (Å²) < 4.78 is 22.7. The van der Waals surface area contributed by atoms with Crippen LogP contribution in [0, 0.1) is 5.41 Å². The fraction of sp³-hybridized carbons (Fsp3) is 0.927. The van der Waals surface area contributed by atoms with Crippen molar-refractivity contribution in [1.82, 2.24) is 0 Å². The summed E-state index contributed by atoms with van der Waals surface area (Å²) in [5.41, 5.74) is -1.19. The lowest BCUT2D eigenvalue weighted by atomic mass is 9.92. The third-order valence-electron chi connectivity index (χ3n) is 12.7. The number of hydrogen-bond donors (Lipinski definition) is 0. The van der Waals surface area contributed by atoms with Crippen molar-refractivity contribution in [3.05, 3.63) is 0 Å². The monoisotopic (exact) mass is 893 g/mol. The Hall–Kier alpha value is -2.12. The minimum absolute atomic E-state index is 0.171. The van der Waals surface area contributed by atoms with Crippen LogP contribution < -0.4 is 0 Å². The molecule has 0 aromatic carbocycles. The van der Waals surface area contributed by atoms with E-state index in [4.69, 9.17) is 18.9 Å². The zero-order valence-corrected chi connectivity index (χ0v) is 42.3. The van der Waals surface area contributed by atoms with E-state index in [2.05, 4.69) is 20.8 Å². The van der Waals surface area contributed by atoms with Crippen LogP contribution in [0.1, 0.15) is 297 Å². The molecule has 0 rings (SSSR count). The summed E-state index contributed by atoms with van der Waals surface area (Å²) in [7, 11) is 0. The van der Waals surface area contributed by atoms with E-state index in [-0.39, 0.29) is 44.3 Å². The molecule has 0 bridgehead atoms. The number of ether oxygens (including phenoxy) is 4. The molecule has 0 heterocycles. The molecule has 0 aromatic rings. The summed E-state index contributed by atoms with van der Waals surface area (Å²) in [6, 6.07) is 0. The van der Waals surface area contributed by atoms with E-state index in [0.29, 0.717) is 19.3 Å². The highest BCUT2D eigenvalue weighted by Crippen LogP contribution is 2.24. The molecule has 0 aliphatic carbocycles. The SMILES string of the molecule is CCCCCCCCCCCCCCCC(=O)OCC(COC(C)=O)(COC(=O)CCCCCCCCCCCCCCC)COC(=O)CCCCCCCCCCCCCCC. The highest BCUT2D eigenvalue weighted by Gasteiger charge is 2.37. The lowest BCUT2D eigenvalue weighted by molar-refractivity contribution is -0.170. The normalized spacial score (nSPS) is 11.5. The van der Waals surface area contributed by atoms with Gasteiger partial charge in [-0.1, -0.05) is 252 Å². The van der Waals surface area contributed by atoms with Gasteiger partial charge in [0.15, 0.2) is 0 Å². The van der Waals surface area contributed by atoms with Gasteiger partial charge in [0.2, 0.25) is 0 Å². The van der Waals surface area contributed by atoms with Crippen molar-refractivity contribution in [2.45, 2.75) is 297 Å². The number of rotatable bonds is 50. The Bertz CT molecular complexity index is 916. The van der Waals surface area contributed by atoms with E-state index in [1.54, 1.807) is 0 Å². The van der Waals surface area contributed by atoms with E-state index in [9.17, 15) is 19.2 Å². The van der Waals surface area contributed by atoms with Crippen LogP contribution in [0.4, 0.5) is 0 Å². The number of esters is 4. The van der Waals surface area contributed by atoms with E-state index in [1.807, 2.05) is 0 Å². The Kier molecular flexibility index (Phi) is 46.2. The van der Waals surface area contributed by atoms with Crippen molar-refractivity contribution in [3.63, 3.8) is 0 Å². The van der Waals surface area contributed by atoms with Crippen molar-refractivity contribution in [3.8, 4) is 0 Å². The molecule has 0 N–H and O–H groups in total. The minimum atomic E-state index is -1.19. The Morgan fingerprint density at radius 2 is 0.444 bits per heavy atom. The number of hydrogen-bond acceptors (Lipinski definition) is 8. The first-order valence-electron chi connectivity index (χ1n) is 27.4. The summed E-state index contributed by atoms with van der Waals surface area (Å²) >= 11 is 0. The molecule has 0 fully saturated rings. The smallest absolute Gasteiger partial charge is 0.305 e. The van der Waals surface area contributed by atoms with Gasteiger partial charge in [0.1, 0.15) is 31.8 Å². The maximum absolute atomic E-state index is 13.0. The summed E-state index contributed by atoms with van der Waals surface area (Å²) in [5.74, 6) is -1.54. The van der Waals surface area contributed by atoms with E-state index in [1.165, 1.54) is 200 Å². The molecule has 372 valence electrons.